The molecule has 1 aliphatic heterocycles. The molecule has 0 fully saturated rings. The number of sulfonamides is 1. The van der Waals surface area contributed by atoms with Crippen molar-refractivity contribution in [3.63, 3.8) is 0 Å². The van der Waals surface area contributed by atoms with E-state index in [9.17, 15) is 21.6 Å². The summed E-state index contributed by atoms with van der Waals surface area (Å²) in [5.41, 5.74) is -0.159. The van der Waals surface area contributed by atoms with Crippen LogP contribution in [0.15, 0.2) is 14.5 Å². The standard InChI is InChI=1S/C8H10N2O5S3/c1-4-3-10-7(11)5-2-6(18(9,14)15)16-8(5)17(4,12)13/h2,4H,3H2,1H3,(H,10,11)(H2,9,14,15)/t4-/m1/s1. The molecule has 7 nitrogen and oxygen atoms in total. The van der Waals surface area contributed by atoms with Crippen LogP contribution in [0.25, 0.3) is 0 Å². The molecule has 0 bridgehead atoms. The number of nitrogens with one attached hydrogen (secondary N) is 1. The number of carbonyl (C=O) groups is 1. The third-order valence-corrected chi connectivity index (χ3v) is 7.80. The number of hydrogen-bond donors (Lipinski definition) is 2. The molecule has 1 aromatic heterocycles. The molecule has 2 rings (SSSR count). The van der Waals surface area contributed by atoms with Crippen LogP contribution in [0.4, 0.5) is 0 Å². The summed E-state index contributed by atoms with van der Waals surface area (Å²) in [6, 6.07) is 1.00. The number of sulfone groups is 1. The van der Waals surface area contributed by atoms with Gasteiger partial charge in [0.2, 0.25) is 10.0 Å². The van der Waals surface area contributed by atoms with Crippen LogP contribution in [0, 0.1) is 0 Å². The van der Waals surface area contributed by atoms with Gasteiger partial charge in [-0.25, -0.2) is 22.0 Å². The van der Waals surface area contributed by atoms with Gasteiger partial charge in [0.15, 0.2) is 9.84 Å². The second-order valence-electron chi connectivity index (χ2n) is 3.88. The van der Waals surface area contributed by atoms with Gasteiger partial charge in [-0.1, -0.05) is 0 Å². The Bertz CT molecular complexity index is 716. The number of carbonyl (C=O) groups excluding carboxylic acids is 1. The first-order chi connectivity index (χ1) is 8.14. The average molecular weight is 310 g/mol. The minimum Gasteiger partial charge on any atom is -0.351 e. The van der Waals surface area contributed by atoms with Crippen LogP contribution < -0.4 is 10.5 Å². The molecule has 100 valence electrons. The summed E-state index contributed by atoms with van der Waals surface area (Å²) in [5.74, 6) is -0.607. The summed E-state index contributed by atoms with van der Waals surface area (Å²) in [7, 11) is -7.74. The van der Waals surface area contributed by atoms with Gasteiger partial charge >= 0.3 is 0 Å². The second-order valence-corrected chi connectivity index (χ2v) is 9.28. The number of nitrogens with two attached hydrogens (primary N) is 1. The summed E-state index contributed by atoms with van der Waals surface area (Å²) >= 11 is 0.508. The lowest BCUT2D eigenvalue weighted by atomic mass is 10.3. The maximum Gasteiger partial charge on any atom is 0.253 e. The van der Waals surface area contributed by atoms with Gasteiger partial charge in [0, 0.05) is 6.54 Å². The monoisotopic (exact) mass is 310 g/mol. The summed E-state index contributed by atoms with van der Waals surface area (Å²) in [4.78, 5) is 11.7. The molecule has 0 saturated carbocycles. The molecular formula is C8H10N2O5S3. The van der Waals surface area contributed by atoms with Crippen molar-refractivity contribution in [2.75, 3.05) is 6.54 Å². The fourth-order valence-electron chi connectivity index (χ4n) is 1.49. The van der Waals surface area contributed by atoms with E-state index < -0.39 is 31.0 Å². The molecule has 3 N–H and O–H groups in total. The first kappa shape index (κ1) is 13.5. The fourth-order valence-corrected chi connectivity index (χ4v) is 5.62. The van der Waals surface area contributed by atoms with Crippen LogP contribution in [0.1, 0.15) is 17.3 Å². The first-order valence-electron chi connectivity index (χ1n) is 4.83. The summed E-state index contributed by atoms with van der Waals surface area (Å²) in [6.07, 6.45) is 0. The van der Waals surface area contributed by atoms with Crippen LogP contribution in [-0.4, -0.2) is 34.5 Å². The highest BCUT2D eigenvalue weighted by atomic mass is 32.3. The Hall–Kier alpha value is -0.970. The van der Waals surface area contributed by atoms with Gasteiger partial charge < -0.3 is 5.32 Å². The summed E-state index contributed by atoms with van der Waals surface area (Å²) < 4.78 is 46.0. The van der Waals surface area contributed by atoms with E-state index in [-0.39, 0.29) is 20.5 Å². The summed E-state index contributed by atoms with van der Waals surface area (Å²) in [5, 5.41) is 6.55. The number of hydrogen-bond acceptors (Lipinski definition) is 6. The number of primary sulfonamides is 1. The molecule has 2 heterocycles. The molecule has 1 aliphatic rings. The van der Waals surface area contributed by atoms with E-state index in [4.69, 9.17) is 5.14 Å². The number of rotatable bonds is 1. The second kappa shape index (κ2) is 4.02. The van der Waals surface area contributed by atoms with Gasteiger partial charge in [0.25, 0.3) is 5.91 Å². The molecule has 1 amide bonds. The Morgan fingerprint density at radius 2 is 2.11 bits per heavy atom. The average Bonchev–Trinajstić information content (AvgIpc) is 2.66. The van der Waals surface area contributed by atoms with E-state index in [1.54, 1.807) is 0 Å². The SMILES string of the molecule is C[C@@H]1CNC(=O)c2cc(S(N)(=O)=O)sc2S1(=O)=O. The highest BCUT2D eigenvalue weighted by Crippen LogP contribution is 2.33. The molecule has 0 aromatic carbocycles. The van der Waals surface area contributed by atoms with E-state index in [1.165, 1.54) is 6.92 Å². The topological polar surface area (TPSA) is 123 Å². The predicted octanol–water partition coefficient (Wildman–Crippen LogP) is -0.699. The van der Waals surface area contributed by atoms with Crippen LogP contribution >= 0.6 is 11.3 Å². The predicted molar refractivity (Wildman–Crippen MR) is 64.7 cm³/mol. The Kier molecular flexibility index (Phi) is 3.00. The minimum absolute atomic E-state index is 0.00667. The van der Waals surface area contributed by atoms with E-state index in [1.807, 2.05) is 0 Å². The minimum atomic E-state index is -4.03. The smallest absolute Gasteiger partial charge is 0.253 e. The molecule has 18 heavy (non-hydrogen) atoms. The van der Waals surface area contributed by atoms with Crippen LogP contribution in [0.3, 0.4) is 0 Å². The van der Waals surface area contributed by atoms with Gasteiger partial charge in [0.05, 0.1) is 10.8 Å². The van der Waals surface area contributed by atoms with Gasteiger partial charge in [-0.15, -0.1) is 11.3 Å². The Labute approximate surface area is 108 Å². The van der Waals surface area contributed by atoms with Gasteiger partial charge in [-0.3, -0.25) is 4.79 Å². The molecule has 0 aliphatic carbocycles. The lowest BCUT2D eigenvalue weighted by molar-refractivity contribution is 0.0953. The van der Waals surface area contributed by atoms with Crippen molar-refractivity contribution in [2.24, 2.45) is 5.14 Å². The molecule has 1 atom stereocenters. The van der Waals surface area contributed by atoms with E-state index in [0.29, 0.717) is 11.3 Å². The van der Waals surface area contributed by atoms with Crippen molar-refractivity contribution in [3.05, 3.63) is 11.6 Å². The van der Waals surface area contributed by atoms with Crippen LogP contribution in [0.5, 0.6) is 0 Å². The van der Waals surface area contributed by atoms with Gasteiger partial charge in [0.1, 0.15) is 8.42 Å². The zero-order chi connectivity index (χ0) is 13.7. The lowest BCUT2D eigenvalue weighted by Gasteiger charge is -2.07. The fraction of sp³-hybridized carbons (Fsp3) is 0.375. The molecule has 0 unspecified atom stereocenters. The zero-order valence-electron chi connectivity index (χ0n) is 9.21. The molecule has 1 aromatic rings. The normalized spacial score (nSPS) is 23.0. The lowest BCUT2D eigenvalue weighted by Crippen LogP contribution is -2.30. The zero-order valence-corrected chi connectivity index (χ0v) is 11.7. The largest absolute Gasteiger partial charge is 0.351 e. The molecule has 0 saturated heterocycles. The first-order valence-corrected chi connectivity index (χ1v) is 8.73. The van der Waals surface area contributed by atoms with Crippen LogP contribution in [0.2, 0.25) is 0 Å². The van der Waals surface area contributed by atoms with Gasteiger partial charge in [-0.05, 0) is 13.0 Å². The quantitative estimate of drug-likeness (QED) is 0.710. The maximum atomic E-state index is 12.1. The highest BCUT2D eigenvalue weighted by Gasteiger charge is 2.35. The van der Waals surface area contributed by atoms with Crippen molar-refractivity contribution < 1.29 is 21.6 Å². The van der Waals surface area contributed by atoms with Crippen molar-refractivity contribution in [3.8, 4) is 0 Å². The maximum absolute atomic E-state index is 12.1. The number of thiophene rings is 1. The summed E-state index contributed by atoms with van der Waals surface area (Å²) in [6.45, 7) is 1.44. The van der Waals surface area contributed by atoms with Gasteiger partial charge in [-0.2, -0.15) is 0 Å². The third-order valence-electron chi connectivity index (χ3n) is 2.54. The van der Waals surface area contributed by atoms with E-state index >= 15 is 0 Å². The Morgan fingerprint density at radius 1 is 1.50 bits per heavy atom. The number of fused-ring (bicyclic) bond motifs is 1. The highest BCUT2D eigenvalue weighted by molar-refractivity contribution is 7.95. The molecule has 0 spiro atoms. The van der Waals surface area contributed by atoms with E-state index in [2.05, 4.69) is 5.32 Å². The molecule has 0 radical (unpaired) electrons. The Morgan fingerprint density at radius 3 is 2.67 bits per heavy atom. The van der Waals surface area contributed by atoms with E-state index in [0.717, 1.165) is 6.07 Å². The Balaban J connectivity index is 2.76. The number of amides is 1. The molecule has 10 heteroatoms. The molecular weight excluding hydrogens is 300 g/mol. The van der Waals surface area contributed by atoms with Crippen molar-refractivity contribution in [1.29, 1.82) is 0 Å². The van der Waals surface area contributed by atoms with Crippen LogP contribution in [-0.2, 0) is 19.9 Å². The van der Waals surface area contributed by atoms with Crippen molar-refractivity contribution >= 4 is 37.1 Å². The van der Waals surface area contributed by atoms with Crippen molar-refractivity contribution in [2.45, 2.75) is 20.6 Å². The third kappa shape index (κ3) is 2.05. The van der Waals surface area contributed by atoms with Crippen molar-refractivity contribution in [1.82, 2.24) is 5.32 Å².